The van der Waals surface area contributed by atoms with E-state index in [0.717, 1.165) is 12.1 Å². The van der Waals surface area contributed by atoms with Crippen LogP contribution in [0.25, 0.3) is 0 Å². The third kappa shape index (κ3) is 2.70. The summed E-state index contributed by atoms with van der Waals surface area (Å²) in [6, 6.07) is 7.81. The molecule has 15 heavy (non-hydrogen) atoms. The van der Waals surface area contributed by atoms with E-state index in [2.05, 4.69) is 5.32 Å². The lowest BCUT2D eigenvalue weighted by Gasteiger charge is -2.28. The highest BCUT2D eigenvalue weighted by Crippen LogP contribution is 2.19. The number of hydrogen-bond donors (Lipinski definition) is 3. The quantitative estimate of drug-likeness (QED) is 0.700. The molecule has 2 rings (SSSR count). The molecule has 1 aromatic rings. The van der Waals surface area contributed by atoms with Crippen molar-refractivity contribution in [2.24, 2.45) is 5.73 Å². The maximum Gasteiger partial charge on any atom is 0.115 e. The fourth-order valence-electron chi connectivity index (χ4n) is 1.75. The van der Waals surface area contributed by atoms with Crippen molar-refractivity contribution >= 4 is 0 Å². The van der Waals surface area contributed by atoms with E-state index < -0.39 is 0 Å². The predicted octanol–water partition coefficient (Wildman–Crippen LogP) is 1.53. The highest BCUT2D eigenvalue weighted by Gasteiger charge is 2.17. The molecule has 3 heteroatoms. The first-order valence-corrected chi connectivity index (χ1v) is 5.53. The number of rotatable bonds is 4. The molecule has 0 saturated heterocycles. The van der Waals surface area contributed by atoms with Gasteiger partial charge in [-0.2, -0.15) is 0 Å². The van der Waals surface area contributed by atoms with Crippen molar-refractivity contribution in [3.05, 3.63) is 29.8 Å². The molecule has 0 bridgehead atoms. The van der Waals surface area contributed by atoms with E-state index in [0.29, 0.717) is 6.04 Å². The SMILES string of the molecule is NC(CNC1CCC1)c1ccc(O)cc1. The lowest BCUT2D eigenvalue weighted by atomic mass is 9.93. The standard InChI is InChI=1S/C12H18N2O/c13-12(8-14-10-2-1-3-10)9-4-6-11(15)7-5-9/h4-7,10,12,14-15H,1-3,8,13H2. The zero-order valence-corrected chi connectivity index (χ0v) is 8.82. The zero-order chi connectivity index (χ0) is 10.7. The van der Waals surface area contributed by atoms with Crippen LogP contribution in [-0.2, 0) is 0 Å². The Morgan fingerprint density at radius 2 is 2.00 bits per heavy atom. The number of nitrogens with two attached hydrogens (primary N) is 1. The maximum atomic E-state index is 9.15. The van der Waals surface area contributed by atoms with Gasteiger partial charge in [0.1, 0.15) is 5.75 Å². The Bertz CT molecular complexity index is 306. The maximum absolute atomic E-state index is 9.15. The summed E-state index contributed by atoms with van der Waals surface area (Å²) < 4.78 is 0. The van der Waals surface area contributed by atoms with Gasteiger partial charge in [0.15, 0.2) is 0 Å². The molecule has 4 N–H and O–H groups in total. The Morgan fingerprint density at radius 3 is 2.53 bits per heavy atom. The van der Waals surface area contributed by atoms with Crippen LogP contribution in [0.1, 0.15) is 30.9 Å². The Kier molecular flexibility index (Phi) is 3.23. The van der Waals surface area contributed by atoms with Gasteiger partial charge in [-0.1, -0.05) is 18.6 Å². The second-order valence-electron chi connectivity index (χ2n) is 4.23. The van der Waals surface area contributed by atoms with E-state index in [9.17, 15) is 0 Å². The molecule has 1 aliphatic carbocycles. The van der Waals surface area contributed by atoms with Gasteiger partial charge in [0.2, 0.25) is 0 Å². The molecule has 3 nitrogen and oxygen atoms in total. The molecule has 1 aromatic carbocycles. The molecular formula is C12H18N2O. The normalized spacial score (nSPS) is 18.5. The van der Waals surface area contributed by atoms with Gasteiger partial charge >= 0.3 is 0 Å². The lowest BCUT2D eigenvalue weighted by molar-refractivity contribution is 0.332. The van der Waals surface area contributed by atoms with Crippen molar-refractivity contribution in [1.82, 2.24) is 5.32 Å². The van der Waals surface area contributed by atoms with E-state index in [4.69, 9.17) is 10.8 Å². The summed E-state index contributed by atoms with van der Waals surface area (Å²) in [6.45, 7) is 0.815. The fourth-order valence-corrected chi connectivity index (χ4v) is 1.75. The summed E-state index contributed by atoms with van der Waals surface area (Å²) in [4.78, 5) is 0. The van der Waals surface area contributed by atoms with E-state index in [1.807, 2.05) is 12.1 Å². The predicted molar refractivity (Wildman–Crippen MR) is 60.7 cm³/mol. The third-order valence-corrected chi connectivity index (χ3v) is 3.05. The Hall–Kier alpha value is -1.06. The van der Waals surface area contributed by atoms with Crippen molar-refractivity contribution in [2.75, 3.05) is 6.54 Å². The number of aromatic hydroxyl groups is 1. The average molecular weight is 206 g/mol. The topological polar surface area (TPSA) is 58.3 Å². The molecule has 1 aliphatic rings. The molecular weight excluding hydrogens is 188 g/mol. The first-order valence-electron chi connectivity index (χ1n) is 5.53. The van der Waals surface area contributed by atoms with Crippen molar-refractivity contribution in [3.63, 3.8) is 0 Å². The number of benzene rings is 1. The summed E-state index contributed by atoms with van der Waals surface area (Å²) in [7, 11) is 0. The molecule has 82 valence electrons. The second kappa shape index (κ2) is 4.64. The molecule has 0 aromatic heterocycles. The van der Waals surface area contributed by atoms with Crippen molar-refractivity contribution in [3.8, 4) is 5.75 Å². The van der Waals surface area contributed by atoms with Gasteiger partial charge < -0.3 is 16.2 Å². The van der Waals surface area contributed by atoms with Gasteiger partial charge in [-0.3, -0.25) is 0 Å². The minimum Gasteiger partial charge on any atom is -0.508 e. The molecule has 0 heterocycles. The van der Waals surface area contributed by atoms with Crippen LogP contribution in [0.3, 0.4) is 0 Å². The molecule has 1 atom stereocenters. The monoisotopic (exact) mass is 206 g/mol. The van der Waals surface area contributed by atoms with Crippen LogP contribution in [0.2, 0.25) is 0 Å². The van der Waals surface area contributed by atoms with Crippen LogP contribution in [-0.4, -0.2) is 17.7 Å². The largest absolute Gasteiger partial charge is 0.508 e. The first kappa shape index (κ1) is 10.5. The van der Waals surface area contributed by atoms with Gasteiger partial charge in [-0.25, -0.2) is 0 Å². The first-order chi connectivity index (χ1) is 7.25. The molecule has 0 radical (unpaired) electrons. The van der Waals surface area contributed by atoms with Crippen LogP contribution in [0, 0.1) is 0 Å². The van der Waals surface area contributed by atoms with Gasteiger partial charge in [-0.15, -0.1) is 0 Å². The number of nitrogens with one attached hydrogen (secondary N) is 1. The van der Waals surface area contributed by atoms with Gasteiger partial charge in [-0.05, 0) is 30.5 Å². The Morgan fingerprint density at radius 1 is 1.33 bits per heavy atom. The van der Waals surface area contributed by atoms with Crippen LogP contribution in [0.15, 0.2) is 24.3 Å². The summed E-state index contributed by atoms with van der Waals surface area (Å²) in [5.41, 5.74) is 7.10. The van der Waals surface area contributed by atoms with Crippen LogP contribution >= 0.6 is 0 Å². The van der Waals surface area contributed by atoms with E-state index in [1.54, 1.807) is 12.1 Å². The highest BCUT2D eigenvalue weighted by molar-refractivity contribution is 5.27. The van der Waals surface area contributed by atoms with E-state index >= 15 is 0 Å². The molecule has 1 fully saturated rings. The summed E-state index contributed by atoms with van der Waals surface area (Å²) >= 11 is 0. The zero-order valence-electron chi connectivity index (χ0n) is 8.82. The lowest BCUT2D eigenvalue weighted by Crippen LogP contribution is -2.39. The van der Waals surface area contributed by atoms with Gasteiger partial charge in [0.05, 0.1) is 0 Å². The number of hydrogen-bond acceptors (Lipinski definition) is 3. The van der Waals surface area contributed by atoms with Crippen LogP contribution in [0.5, 0.6) is 5.75 Å². The van der Waals surface area contributed by atoms with E-state index in [-0.39, 0.29) is 11.8 Å². The molecule has 0 spiro atoms. The molecule has 0 amide bonds. The van der Waals surface area contributed by atoms with Crippen molar-refractivity contribution < 1.29 is 5.11 Å². The second-order valence-corrected chi connectivity index (χ2v) is 4.23. The van der Waals surface area contributed by atoms with Crippen molar-refractivity contribution in [2.45, 2.75) is 31.3 Å². The molecule has 1 unspecified atom stereocenters. The van der Waals surface area contributed by atoms with Gasteiger partial charge in [0.25, 0.3) is 0 Å². The van der Waals surface area contributed by atoms with Crippen LogP contribution in [0.4, 0.5) is 0 Å². The summed E-state index contributed by atoms with van der Waals surface area (Å²) in [6.07, 6.45) is 3.90. The van der Waals surface area contributed by atoms with E-state index in [1.165, 1.54) is 19.3 Å². The Labute approximate surface area is 90.3 Å². The smallest absolute Gasteiger partial charge is 0.115 e. The van der Waals surface area contributed by atoms with Gasteiger partial charge in [0, 0.05) is 18.6 Å². The average Bonchev–Trinajstić information content (AvgIpc) is 2.16. The highest BCUT2D eigenvalue weighted by atomic mass is 16.3. The van der Waals surface area contributed by atoms with Crippen LogP contribution < -0.4 is 11.1 Å². The fraction of sp³-hybridized carbons (Fsp3) is 0.500. The summed E-state index contributed by atoms with van der Waals surface area (Å²) in [5, 5.41) is 12.6. The number of phenolic OH excluding ortho intramolecular Hbond substituents is 1. The molecule has 1 saturated carbocycles. The Balaban J connectivity index is 1.83. The van der Waals surface area contributed by atoms with Crippen molar-refractivity contribution in [1.29, 1.82) is 0 Å². The number of phenols is 1. The molecule has 0 aliphatic heterocycles. The third-order valence-electron chi connectivity index (χ3n) is 3.05. The minimum absolute atomic E-state index is 0.0196. The summed E-state index contributed by atoms with van der Waals surface area (Å²) in [5.74, 6) is 0.290. The minimum atomic E-state index is 0.0196.